The van der Waals surface area contributed by atoms with E-state index in [4.69, 9.17) is 4.74 Å². The van der Waals surface area contributed by atoms with Gasteiger partial charge in [0, 0.05) is 12.5 Å². The molecular weight excluding hydrogens is 250 g/mol. The first-order chi connectivity index (χ1) is 9.13. The van der Waals surface area contributed by atoms with Crippen molar-refractivity contribution in [3.05, 3.63) is 47.5 Å². The molecule has 0 N–H and O–H groups in total. The van der Waals surface area contributed by atoms with Crippen LogP contribution in [0.15, 0.2) is 30.4 Å². The highest BCUT2D eigenvalue weighted by Gasteiger charge is 2.02. The van der Waals surface area contributed by atoms with Crippen molar-refractivity contribution in [2.75, 3.05) is 6.61 Å². The van der Waals surface area contributed by atoms with Crippen LogP contribution in [0.25, 0.3) is 0 Å². The Morgan fingerprint density at radius 1 is 1.26 bits per heavy atom. The summed E-state index contributed by atoms with van der Waals surface area (Å²) < 4.78 is 30.8. The zero-order valence-electron chi connectivity index (χ0n) is 11.0. The first-order valence-corrected chi connectivity index (χ1v) is 6.38. The Balaban J connectivity index is 2.24. The molecule has 2 nitrogen and oxygen atoms in total. The summed E-state index contributed by atoms with van der Waals surface area (Å²) >= 11 is 0. The van der Waals surface area contributed by atoms with Gasteiger partial charge in [-0.15, -0.1) is 0 Å². The molecule has 19 heavy (non-hydrogen) atoms. The number of esters is 1. The van der Waals surface area contributed by atoms with Gasteiger partial charge in [-0.1, -0.05) is 18.2 Å². The van der Waals surface area contributed by atoms with Gasteiger partial charge in [0.2, 0.25) is 0 Å². The van der Waals surface area contributed by atoms with Crippen LogP contribution in [0, 0.1) is 11.6 Å². The van der Waals surface area contributed by atoms with Crippen molar-refractivity contribution in [2.24, 2.45) is 0 Å². The summed E-state index contributed by atoms with van der Waals surface area (Å²) in [5, 5.41) is 0. The molecule has 1 aromatic rings. The summed E-state index contributed by atoms with van der Waals surface area (Å²) in [6.45, 7) is 2.16. The average Bonchev–Trinajstić information content (AvgIpc) is 2.36. The van der Waals surface area contributed by atoms with Gasteiger partial charge in [0.1, 0.15) is 11.6 Å². The number of halogens is 2. The van der Waals surface area contributed by atoms with Gasteiger partial charge in [0.25, 0.3) is 0 Å². The van der Waals surface area contributed by atoms with E-state index in [9.17, 15) is 13.6 Å². The molecule has 0 spiro atoms. The summed E-state index contributed by atoms with van der Waals surface area (Å²) in [6, 6.07) is 3.60. The third-order valence-corrected chi connectivity index (χ3v) is 2.58. The first kappa shape index (κ1) is 15.3. The average molecular weight is 268 g/mol. The minimum absolute atomic E-state index is 0.211. The van der Waals surface area contributed by atoms with Gasteiger partial charge < -0.3 is 4.74 Å². The van der Waals surface area contributed by atoms with Gasteiger partial charge >= 0.3 is 5.97 Å². The zero-order valence-corrected chi connectivity index (χ0v) is 11.0. The van der Waals surface area contributed by atoms with Gasteiger partial charge in [-0.2, -0.15) is 0 Å². The van der Waals surface area contributed by atoms with Crippen molar-refractivity contribution < 1.29 is 18.3 Å². The fourth-order valence-electron chi connectivity index (χ4n) is 1.63. The zero-order chi connectivity index (χ0) is 14.1. The van der Waals surface area contributed by atoms with Gasteiger partial charge in [-0.3, -0.25) is 4.79 Å². The number of aryl methyl sites for hydroxylation is 1. The number of carbonyl (C=O) groups excluding carboxylic acids is 1. The molecule has 1 aromatic carbocycles. The topological polar surface area (TPSA) is 26.3 Å². The minimum Gasteiger partial charge on any atom is -0.466 e. The molecule has 0 aliphatic heterocycles. The smallest absolute Gasteiger partial charge is 0.306 e. The third-order valence-electron chi connectivity index (χ3n) is 2.58. The lowest BCUT2D eigenvalue weighted by Gasteiger charge is -2.01. The van der Waals surface area contributed by atoms with E-state index in [1.165, 1.54) is 12.1 Å². The van der Waals surface area contributed by atoms with E-state index < -0.39 is 11.6 Å². The van der Waals surface area contributed by atoms with Crippen LogP contribution in [-0.4, -0.2) is 12.6 Å². The van der Waals surface area contributed by atoms with Crippen LogP contribution in [0.3, 0.4) is 0 Å². The van der Waals surface area contributed by atoms with Crippen molar-refractivity contribution in [1.29, 1.82) is 0 Å². The number of hydrogen-bond donors (Lipinski definition) is 0. The maximum Gasteiger partial charge on any atom is 0.306 e. The molecule has 4 heteroatoms. The Morgan fingerprint density at radius 3 is 2.68 bits per heavy atom. The SMILES string of the molecule is CCOC(=O)CCC=CCCc1ccc(F)cc1F. The fourth-order valence-corrected chi connectivity index (χ4v) is 1.63. The van der Waals surface area contributed by atoms with E-state index in [2.05, 4.69) is 0 Å². The molecular formula is C15H18F2O2. The molecule has 0 aliphatic carbocycles. The Labute approximate surface area is 112 Å². The molecule has 0 heterocycles. The number of allylic oxidation sites excluding steroid dienone is 2. The molecule has 0 saturated heterocycles. The molecule has 0 saturated carbocycles. The molecule has 0 unspecified atom stereocenters. The van der Waals surface area contributed by atoms with Gasteiger partial charge in [0.15, 0.2) is 0 Å². The lowest BCUT2D eigenvalue weighted by Crippen LogP contribution is -2.02. The van der Waals surface area contributed by atoms with Crippen LogP contribution in [0.2, 0.25) is 0 Å². The van der Waals surface area contributed by atoms with Crippen LogP contribution >= 0.6 is 0 Å². The summed E-state index contributed by atoms with van der Waals surface area (Å²) in [5.41, 5.74) is 0.497. The number of hydrogen-bond acceptors (Lipinski definition) is 2. The molecule has 0 aromatic heterocycles. The van der Waals surface area contributed by atoms with Crippen LogP contribution in [0.4, 0.5) is 8.78 Å². The van der Waals surface area contributed by atoms with Crippen LogP contribution in [0.5, 0.6) is 0 Å². The molecule has 0 fully saturated rings. The van der Waals surface area contributed by atoms with Gasteiger partial charge in [-0.25, -0.2) is 8.78 Å². The Kier molecular flexibility index (Phi) is 6.79. The summed E-state index contributed by atoms with van der Waals surface area (Å²) in [7, 11) is 0. The first-order valence-electron chi connectivity index (χ1n) is 6.38. The van der Waals surface area contributed by atoms with Crippen LogP contribution in [-0.2, 0) is 16.0 Å². The molecule has 0 aliphatic rings. The second-order valence-electron chi connectivity index (χ2n) is 4.09. The molecule has 104 valence electrons. The molecule has 0 radical (unpaired) electrons. The van der Waals surface area contributed by atoms with Gasteiger partial charge in [0.05, 0.1) is 6.61 Å². The van der Waals surface area contributed by atoms with Crippen molar-refractivity contribution in [3.8, 4) is 0 Å². The minimum atomic E-state index is -0.564. The lowest BCUT2D eigenvalue weighted by molar-refractivity contribution is -0.142. The van der Waals surface area contributed by atoms with E-state index in [-0.39, 0.29) is 5.97 Å². The van der Waals surface area contributed by atoms with Crippen LogP contribution < -0.4 is 0 Å². The van der Waals surface area contributed by atoms with Crippen molar-refractivity contribution in [3.63, 3.8) is 0 Å². The lowest BCUT2D eigenvalue weighted by atomic mass is 10.1. The third kappa shape index (κ3) is 6.13. The van der Waals surface area contributed by atoms with E-state index in [0.717, 1.165) is 6.07 Å². The number of benzene rings is 1. The predicted molar refractivity (Wildman–Crippen MR) is 69.7 cm³/mol. The summed E-state index contributed by atoms with van der Waals surface area (Å²) in [6.07, 6.45) is 5.91. The Hall–Kier alpha value is -1.71. The summed E-state index contributed by atoms with van der Waals surface area (Å²) in [4.78, 5) is 11.0. The maximum atomic E-state index is 13.3. The number of rotatable bonds is 7. The van der Waals surface area contributed by atoms with E-state index in [1.54, 1.807) is 6.92 Å². The van der Waals surface area contributed by atoms with E-state index in [0.29, 0.717) is 37.9 Å². The predicted octanol–water partition coefficient (Wildman–Crippen LogP) is 3.80. The monoisotopic (exact) mass is 268 g/mol. The molecule has 1 rings (SSSR count). The van der Waals surface area contributed by atoms with Crippen molar-refractivity contribution in [2.45, 2.75) is 32.6 Å². The van der Waals surface area contributed by atoms with Crippen molar-refractivity contribution >= 4 is 5.97 Å². The van der Waals surface area contributed by atoms with Gasteiger partial charge in [-0.05, 0) is 37.8 Å². The highest BCUT2D eigenvalue weighted by Crippen LogP contribution is 2.11. The second-order valence-corrected chi connectivity index (χ2v) is 4.09. The fraction of sp³-hybridized carbons (Fsp3) is 0.400. The Morgan fingerprint density at radius 2 is 2.00 bits per heavy atom. The highest BCUT2D eigenvalue weighted by molar-refractivity contribution is 5.69. The molecule has 0 bridgehead atoms. The molecule has 0 atom stereocenters. The highest BCUT2D eigenvalue weighted by atomic mass is 19.1. The van der Waals surface area contributed by atoms with Crippen molar-refractivity contribution in [1.82, 2.24) is 0 Å². The van der Waals surface area contributed by atoms with Crippen LogP contribution in [0.1, 0.15) is 31.7 Å². The normalized spacial score (nSPS) is 10.9. The summed E-state index contributed by atoms with van der Waals surface area (Å²) in [5.74, 6) is -1.29. The number of ether oxygens (including phenoxy) is 1. The number of carbonyl (C=O) groups is 1. The largest absolute Gasteiger partial charge is 0.466 e. The standard InChI is InChI=1S/C15H18F2O2/c1-2-19-15(18)8-6-4-3-5-7-12-9-10-13(16)11-14(12)17/h3-4,9-11H,2,5-8H2,1H3. The van der Waals surface area contributed by atoms with E-state index >= 15 is 0 Å². The quantitative estimate of drug-likeness (QED) is 0.555. The molecule has 0 amide bonds. The maximum absolute atomic E-state index is 13.3. The Bertz CT molecular complexity index is 442. The second kappa shape index (κ2) is 8.40. The van der Waals surface area contributed by atoms with E-state index in [1.807, 2.05) is 12.2 Å².